The summed E-state index contributed by atoms with van der Waals surface area (Å²) in [5.41, 5.74) is 4.03. The summed E-state index contributed by atoms with van der Waals surface area (Å²) in [5, 5.41) is 9.26. The minimum absolute atomic E-state index is 0.0325. The number of aliphatic carboxylic acids is 1. The van der Waals surface area contributed by atoms with Gasteiger partial charge in [-0.3, -0.25) is 14.4 Å². The molecule has 2 aliphatic carbocycles. The van der Waals surface area contributed by atoms with Crippen LogP contribution in [0.4, 0.5) is 0 Å². The average molecular weight is 488 g/mol. The number of carbonyl (C=O) groups excluding carboxylic acids is 2. The van der Waals surface area contributed by atoms with E-state index in [-0.39, 0.29) is 24.5 Å². The smallest absolute Gasteiger partial charge is 0.305 e. The van der Waals surface area contributed by atoms with Crippen molar-refractivity contribution in [2.24, 2.45) is 0 Å². The summed E-state index contributed by atoms with van der Waals surface area (Å²) >= 11 is 3.57. The van der Waals surface area contributed by atoms with Crippen molar-refractivity contribution in [1.82, 2.24) is 4.90 Å². The SMILES string of the molecule is CCOc1ccc(C2C3=C(CCCC3=O)N(CCC(=O)O)C3=C2C(=O)CCC3)cc1Br. The zero-order valence-electron chi connectivity index (χ0n) is 17.6. The van der Waals surface area contributed by atoms with Crippen LogP contribution in [-0.4, -0.2) is 40.7 Å². The Morgan fingerprint density at radius 2 is 1.71 bits per heavy atom. The van der Waals surface area contributed by atoms with Crippen molar-refractivity contribution < 1.29 is 24.2 Å². The topological polar surface area (TPSA) is 83.9 Å². The number of halogens is 1. The molecule has 1 aromatic rings. The number of carboxylic acids is 1. The molecule has 0 unspecified atom stereocenters. The first-order valence-corrected chi connectivity index (χ1v) is 11.7. The van der Waals surface area contributed by atoms with Crippen molar-refractivity contribution >= 4 is 33.5 Å². The molecular formula is C24H26BrNO5. The number of allylic oxidation sites excluding steroid dienone is 4. The monoisotopic (exact) mass is 487 g/mol. The molecule has 0 radical (unpaired) electrons. The standard InChI is InChI=1S/C24H26BrNO5/c1-2-31-20-10-9-14(13-15(20)25)22-23-16(5-3-7-18(23)27)26(12-11-21(29)30)17-6-4-8-19(28)24(17)22/h9-10,13,22H,2-8,11-12H2,1H3,(H,29,30). The molecule has 1 aromatic carbocycles. The second-order valence-corrected chi connectivity index (χ2v) is 8.98. The van der Waals surface area contributed by atoms with Crippen molar-refractivity contribution in [3.8, 4) is 5.75 Å². The Kier molecular flexibility index (Phi) is 6.32. The van der Waals surface area contributed by atoms with E-state index in [4.69, 9.17) is 4.74 Å². The largest absolute Gasteiger partial charge is 0.493 e. The second-order valence-electron chi connectivity index (χ2n) is 8.13. The van der Waals surface area contributed by atoms with E-state index in [1.54, 1.807) is 0 Å². The van der Waals surface area contributed by atoms with Crippen LogP contribution in [0.25, 0.3) is 0 Å². The lowest BCUT2D eigenvalue weighted by atomic mass is 9.71. The average Bonchev–Trinajstić information content (AvgIpc) is 2.73. The van der Waals surface area contributed by atoms with Gasteiger partial charge in [0, 0.05) is 47.8 Å². The molecule has 0 amide bonds. The molecule has 0 spiro atoms. The normalized spacial score (nSPS) is 19.5. The summed E-state index contributed by atoms with van der Waals surface area (Å²) in [6.45, 7) is 2.75. The van der Waals surface area contributed by atoms with Gasteiger partial charge in [0.25, 0.3) is 0 Å². The molecule has 4 rings (SSSR count). The van der Waals surface area contributed by atoms with Crippen LogP contribution in [0.5, 0.6) is 5.75 Å². The molecule has 0 saturated heterocycles. The predicted molar refractivity (Wildman–Crippen MR) is 119 cm³/mol. The lowest BCUT2D eigenvalue weighted by Gasteiger charge is -2.44. The highest BCUT2D eigenvalue weighted by molar-refractivity contribution is 9.10. The van der Waals surface area contributed by atoms with Crippen LogP contribution in [0.2, 0.25) is 0 Å². The third-order valence-corrected chi connectivity index (χ3v) is 6.84. The highest BCUT2D eigenvalue weighted by atomic mass is 79.9. The minimum Gasteiger partial charge on any atom is -0.493 e. The van der Waals surface area contributed by atoms with Gasteiger partial charge in [-0.15, -0.1) is 0 Å². The summed E-state index contributed by atoms with van der Waals surface area (Å²) in [7, 11) is 0. The molecule has 1 N–H and O–H groups in total. The summed E-state index contributed by atoms with van der Waals surface area (Å²) in [4.78, 5) is 39.6. The zero-order chi connectivity index (χ0) is 22.1. The van der Waals surface area contributed by atoms with Crippen LogP contribution in [-0.2, 0) is 14.4 Å². The fourth-order valence-corrected chi connectivity index (χ4v) is 5.51. The van der Waals surface area contributed by atoms with Crippen molar-refractivity contribution in [3.63, 3.8) is 0 Å². The molecular weight excluding hydrogens is 462 g/mol. The van der Waals surface area contributed by atoms with E-state index in [0.717, 1.165) is 52.9 Å². The Morgan fingerprint density at radius 1 is 1.10 bits per heavy atom. The van der Waals surface area contributed by atoms with E-state index in [1.165, 1.54) is 0 Å². The predicted octanol–water partition coefficient (Wildman–Crippen LogP) is 4.74. The Balaban J connectivity index is 1.88. The molecule has 1 aliphatic heterocycles. The Labute approximate surface area is 190 Å². The number of ketones is 2. The number of nitrogens with zero attached hydrogens (tertiary/aromatic N) is 1. The quantitative estimate of drug-likeness (QED) is 0.623. The maximum atomic E-state index is 13.2. The molecule has 0 bridgehead atoms. The third kappa shape index (κ3) is 4.07. The van der Waals surface area contributed by atoms with Gasteiger partial charge in [0.15, 0.2) is 11.6 Å². The summed E-state index contributed by atoms with van der Waals surface area (Å²) in [6, 6.07) is 5.76. The van der Waals surface area contributed by atoms with Crippen LogP contribution in [0.15, 0.2) is 45.2 Å². The van der Waals surface area contributed by atoms with Gasteiger partial charge in [-0.05, 0) is 66.2 Å². The van der Waals surface area contributed by atoms with Crippen molar-refractivity contribution in [2.45, 2.75) is 57.8 Å². The minimum atomic E-state index is -0.883. The van der Waals surface area contributed by atoms with E-state index in [2.05, 4.69) is 15.9 Å². The fourth-order valence-electron chi connectivity index (χ4n) is 5.00. The van der Waals surface area contributed by atoms with Crippen molar-refractivity contribution in [1.29, 1.82) is 0 Å². The van der Waals surface area contributed by atoms with Crippen LogP contribution in [0.1, 0.15) is 63.4 Å². The number of hydrogen-bond acceptors (Lipinski definition) is 5. The molecule has 164 valence electrons. The fraction of sp³-hybridized carbons (Fsp3) is 0.458. The Bertz CT molecular complexity index is 965. The van der Waals surface area contributed by atoms with Gasteiger partial charge < -0.3 is 14.7 Å². The molecule has 0 fully saturated rings. The van der Waals surface area contributed by atoms with Crippen molar-refractivity contribution in [3.05, 3.63) is 50.8 Å². The van der Waals surface area contributed by atoms with Crippen LogP contribution in [0, 0.1) is 0 Å². The van der Waals surface area contributed by atoms with Gasteiger partial charge in [0.2, 0.25) is 0 Å². The van der Waals surface area contributed by atoms with Gasteiger partial charge in [0.1, 0.15) is 5.75 Å². The van der Waals surface area contributed by atoms with Crippen LogP contribution >= 0.6 is 15.9 Å². The number of hydrogen-bond donors (Lipinski definition) is 1. The maximum Gasteiger partial charge on any atom is 0.305 e. The van der Waals surface area contributed by atoms with Crippen LogP contribution in [0.3, 0.4) is 0 Å². The number of ether oxygens (including phenoxy) is 1. The number of rotatable bonds is 6. The molecule has 3 aliphatic rings. The first kappa shape index (κ1) is 21.8. The first-order valence-electron chi connectivity index (χ1n) is 10.9. The lowest BCUT2D eigenvalue weighted by Crippen LogP contribution is -2.39. The highest BCUT2D eigenvalue weighted by Crippen LogP contribution is 2.49. The molecule has 0 saturated carbocycles. The third-order valence-electron chi connectivity index (χ3n) is 6.22. The van der Waals surface area contributed by atoms with Gasteiger partial charge in [-0.2, -0.15) is 0 Å². The second kappa shape index (κ2) is 8.99. The lowest BCUT2D eigenvalue weighted by molar-refractivity contribution is -0.137. The zero-order valence-corrected chi connectivity index (χ0v) is 19.2. The molecule has 1 heterocycles. The van der Waals surface area contributed by atoms with Gasteiger partial charge in [-0.1, -0.05) is 6.07 Å². The summed E-state index contributed by atoms with van der Waals surface area (Å²) in [6.07, 6.45) is 3.82. The number of Topliss-reactive ketones (excluding diaryl/α,β-unsaturated/α-hetero) is 2. The molecule has 0 aromatic heterocycles. The van der Waals surface area contributed by atoms with E-state index >= 15 is 0 Å². The summed E-state index contributed by atoms with van der Waals surface area (Å²) < 4.78 is 6.43. The summed E-state index contributed by atoms with van der Waals surface area (Å²) in [5.74, 6) is -0.453. The Hall–Kier alpha value is -2.41. The maximum absolute atomic E-state index is 13.2. The van der Waals surface area contributed by atoms with Crippen LogP contribution < -0.4 is 4.74 Å². The van der Waals surface area contributed by atoms with E-state index < -0.39 is 11.9 Å². The molecule has 31 heavy (non-hydrogen) atoms. The first-order chi connectivity index (χ1) is 14.9. The Morgan fingerprint density at radius 3 is 2.23 bits per heavy atom. The number of carbonyl (C=O) groups is 3. The van der Waals surface area contributed by atoms with Crippen molar-refractivity contribution in [2.75, 3.05) is 13.2 Å². The van der Waals surface area contributed by atoms with E-state index in [0.29, 0.717) is 30.6 Å². The molecule has 7 heteroatoms. The molecule has 0 atom stereocenters. The van der Waals surface area contributed by atoms with Gasteiger partial charge >= 0.3 is 5.97 Å². The van der Waals surface area contributed by atoms with Gasteiger partial charge in [0.05, 0.1) is 17.5 Å². The van der Waals surface area contributed by atoms with E-state index in [1.807, 2.05) is 30.0 Å². The number of benzene rings is 1. The highest BCUT2D eigenvalue weighted by Gasteiger charge is 2.43. The molecule has 6 nitrogen and oxygen atoms in total. The number of carboxylic acid groups (broad SMARTS) is 1. The van der Waals surface area contributed by atoms with E-state index in [9.17, 15) is 19.5 Å². The van der Waals surface area contributed by atoms with Gasteiger partial charge in [-0.25, -0.2) is 0 Å².